The summed E-state index contributed by atoms with van der Waals surface area (Å²) in [5, 5.41) is 0. The molecule has 100 valence electrons. The van der Waals surface area contributed by atoms with Gasteiger partial charge in [0.25, 0.3) is 0 Å². The van der Waals surface area contributed by atoms with E-state index in [1.165, 1.54) is 5.56 Å². The first-order valence-electron chi connectivity index (χ1n) is 6.31. The summed E-state index contributed by atoms with van der Waals surface area (Å²) in [5.41, 5.74) is 5.79. The molecule has 1 aromatic rings. The quantitative estimate of drug-likeness (QED) is 0.409. The number of carbonyl (C=O) groups excluding carboxylic acids is 1. The molecule has 0 fully saturated rings. The summed E-state index contributed by atoms with van der Waals surface area (Å²) in [6.07, 6.45) is 6.01. The van der Waals surface area contributed by atoms with Crippen molar-refractivity contribution in [3.05, 3.63) is 34.9 Å². The molecule has 1 aromatic carbocycles. The van der Waals surface area contributed by atoms with Crippen LogP contribution in [-0.4, -0.2) is 14.4 Å². The minimum absolute atomic E-state index is 0.792. The first-order chi connectivity index (χ1) is 8.31. The van der Waals surface area contributed by atoms with Crippen LogP contribution in [0, 0.1) is 25.8 Å². The third-order valence-electron chi connectivity index (χ3n) is 2.21. The molecule has 0 amide bonds. The highest BCUT2D eigenvalue weighted by Crippen LogP contribution is 2.09. The molecule has 0 N–H and O–H groups in total. The fourth-order valence-corrected chi connectivity index (χ4v) is 0.901. The molecule has 0 atom stereocenters. The fourth-order valence-electron chi connectivity index (χ4n) is 0.901. The van der Waals surface area contributed by atoms with E-state index in [1.807, 2.05) is 45.9 Å². The Morgan fingerprint density at radius 3 is 1.89 bits per heavy atom. The standard InChI is InChI=1S/C9H10O.C5H10Si.C2H6/c1-7-4-3-5-9(6-10)8(7)2;1-5-6(2,3)4;1-2/h3-6H,1-2H3;1H,2-4H3;1-2H3. The van der Waals surface area contributed by atoms with E-state index in [1.54, 1.807) is 0 Å². The fraction of sp³-hybridized carbons (Fsp3) is 0.438. The highest BCUT2D eigenvalue weighted by Gasteiger charge is 2.05. The average Bonchev–Trinajstić information content (AvgIpc) is 2.35. The maximum atomic E-state index is 10.4. The van der Waals surface area contributed by atoms with Crippen LogP contribution < -0.4 is 0 Å². The lowest BCUT2D eigenvalue weighted by Crippen LogP contribution is -2.15. The van der Waals surface area contributed by atoms with Crippen molar-refractivity contribution in [2.24, 2.45) is 0 Å². The van der Waals surface area contributed by atoms with Gasteiger partial charge in [-0.05, 0) is 25.0 Å². The maximum Gasteiger partial charge on any atom is 0.150 e. The molecule has 0 aliphatic rings. The second kappa shape index (κ2) is 9.67. The Hall–Kier alpha value is -1.33. The van der Waals surface area contributed by atoms with Gasteiger partial charge in [0.05, 0.1) is 0 Å². The zero-order chi connectivity index (χ0) is 14.8. The SMILES string of the molecule is C#C[Si](C)(C)C.CC.Cc1cccc(C=O)c1C. The number of terminal acetylenes is 1. The molecule has 2 heteroatoms. The Labute approximate surface area is 114 Å². The summed E-state index contributed by atoms with van der Waals surface area (Å²) in [6.45, 7) is 14.4. The van der Waals surface area contributed by atoms with Crippen LogP contribution in [-0.2, 0) is 0 Å². The molecule has 0 aliphatic carbocycles. The molecule has 0 saturated carbocycles. The zero-order valence-electron chi connectivity index (χ0n) is 12.8. The summed E-state index contributed by atoms with van der Waals surface area (Å²) in [5.74, 6) is 0. The lowest BCUT2D eigenvalue weighted by atomic mass is 10.1. The molecule has 0 bridgehead atoms. The van der Waals surface area contributed by atoms with Gasteiger partial charge in [0.15, 0.2) is 0 Å². The van der Waals surface area contributed by atoms with Crippen LogP contribution in [0.3, 0.4) is 0 Å². The monoisotopic (exact) mass is 262 g/mol. The molecule has 0 aromatic heterocycles. The first kappa shape index (κ1) is 19.0. The third-order valence-corrected chi connectivity index (χ3v) is 3.07. The van der Waals surface area contributed by atoms with Gasteiger partial charge in [0.2, 0.25) is 0 Å². The van der Waals surface area contributed by atoms with Crippen molar-refractivity contribution in [2.45, 2.75) is 47.3 Å². The lowest BCUT2D eigenvalue weighted by Gasteiger charge is -2.00. The van der Waals surface area contributed by atoms with Gasteiger partial charge < -0.3 is 0 Å². The number of hydrogen-bond donors (Lipinski definition) is 0. The highest BCUT2D eigenvalue weighted by molar-refractivity contribution is 6.83. The van der Waals surface area contributed by atoms with Crippen LogP contribution in [0.25, 0.3) is 0 Å². The van der Waals surface area contributed by atoms with Crippen LogP contribution in [0.5, 0.6) is 0 Å². The van der Waals surface area contributed by atoms with Gasteiger partial charge in [0, 0.05) is 5.56 Å². The summed E-state index contributed by atoms with van der Waals surface area (Å²) >= 11 is 0. The number of rotatable bonds is 1. The van der Waals surface area contributed by atoms with E-state index >= 15 is 0 Å². The van der Waals surface area contributed by atoms with E-state index in [-0.39, 0.29) is 0 Å². The zero-order valence-corrected chi connectivity index (χ0v) is 13.8. The van der Waals surface area contributed by atoms with E-state index in [0.29, 0.717) is 0 Å². The number of aryl methyl sites for hydroxylation is 1. The normalized spacial score (nSPS) is 9.00. The topological polar surface area (TPSA) is 17.1 Å². The van der Waals surface area contributed by atoms with E-state index < -0.39 is 8.07 Å². The van der Waals surface area contributed by atoms with Gasteiger partial charge in [-0.3, -0.25) is 4.79 Å². The van der Waals surface area contributed by atoms with E-state index in [2.05, 4.69) is 25.2 Å². The molecular formula is C16H26OSi. The van der Waals surface area contributed by atoms with Crippen molar-refractivity contribution in [1.82, 2.24) is 0 Å². The summed E-state index contributed by atoms with van der Waals surface area (Å²) in [6, 6.07) is 5.73. The first-order valence-corrected chi connectivity index (χ1v) is 9.81. The second-order valence-corrected chi connectivity index (χ2v) is 9.59. The highest BCUT2D eigenvalue weighted by atomic mass is 28.3. The maximum absolute atomic E-state index is 10.4. The molecule has 0 saturated heterocycles. The number of aldehydes is 1. The Morgan fingerprint density at radius 1 is 1.17 bits per heavy atom. The van der Waals surface area contributed by atoms with Gasteiger partial charge in [-0.25, -0.2) is 0 Å². The molecule has 0 radical (unpaired) electrons. The van der Waals surface area contributed by atoms with E-state index in [9.17, 15) is 4.79 Å². The summed E-state index contributed by atoms with van der Waals surface area (Å²) < 4.78 is 0. The Balaban J connectivity index is 0. The van der Waals surface area contributed by atoms with E-state index in [0.717, 1.165) is 17.4 Å². The Morgan fingerprint density at radius 2 is 1.61 bits per heavy atom. The van der Waals surface area contributed by atoms with Crippen molar-refractivity contribution >= 4 is 14.4 Å². The predicted molar refractivity (Wildman–Crippen MR) is 84.8 cm³/mol. The van der Waals surface area contributed by atoms with Crippen molar-refractivity contribution in [2.75, 3.05) is 0 Å². The Bertz CT molecular complexity index is 395. The van der Waals surface area contributed by atoms with Gasteiger partial charge in [0.1, 0.15) is 14.4 Å². The molecule has 0 heterocycles. The molecule has 0 spiro atoms. The van der Waals surface area contributed by atoms with Crippen LogP contribution >= 0.6 is 0 Å². The Kier molecular flexibility index (Phi) is 10.2. The van der Waals surface area contributed by atoms with E-state index in [4.69, 9.17) is 6.42 Å². The summed E-state index contributed by atoms with van der Waals surface area (Å²) in [7, 11) is -1.10. The number of hydrogen-bond acceptors (Lipinski definition) is 1. The molecular weight excluding hydrogens is 236 g/mol. The van der Waals surface area contributed by atoms with Crippen LogP contribution in [0.15, 0.2) is 18.2 Å². The van der Waals surface area contributed by atoms with Crippen LogP contribution in [0.4, 0.5) is 0 Å². The second-order valence-electron chi connectivity index (χ2n) is 4.80. The molecule has 0 aliphatic heterocycles. The minimum atomic E-state index is -1.10. The molecule has 1 rings (SSSR count). The number of benzene rings is 1. The predicted octanol–water partition coefficient (Wildman–Crippen LogP) is 4.64. The van der Waals surface area contributed by atoms with Gasteiger partial charge in [-0.15, -0.1) is 12.0 Å². The van der Waals surface area contributed by atoms with Crippen molar-refractivity contribution in [1.29, 1.82) is 0 Å². The third kappa shape index (κ3) is 8.78. The lowest BCUT2D eigenvalue weighted by molar-refractivity contribution is 0.112. The van der Waals surface area contributed by atoms with Crippen molar-refractivity contribution in [3.8, 4) is 12.0 Å². The minimum Gasteiger partial charge on any atom is -0.298 e. The smallest absolute Gasteiger partial charge is 0.150 e. The van der Waals surface area contributed by atoms with Crippen LogP contribution in [0.2, 0.25) is 19.6 Å². The molecule has 18 heavy (non-hydrogen) atoms. The van der Waals surface area contributed by atoms with Gasteiger partial charge >= 0.3 is 0 Å². The van der Waals surface area contributed by atoms with Crippen LogP contribution in [0.1, 0.15) is 35.3 Å². The largest absolute Gasteiger partial charge is 0.298 e. The molecule has 0 unspecified atom stereocenters. The molecule has 1 nitrogen and oxygen atoms in total. The number of carbonyl (C=O) groups is 1. The summed E-state index contributed by atoms with van der Waals surface area (Å²) in [4.78, 5) is 10.4. The van der Waals surface area contributed by atoms with Crippen molar-refractivity contribution < 1.29 is 4.79 Å². The van der Waals surface area contributed by atoms with Gasteiger partial charge in [-0.1, -0.05) is 51.7 Å². The van der Waals surface area contributed by atoms with Gasteiger partial charge in [-0.2, -0.15) is 0 Å². The van der Waals surface area contributed by atoms with Crippen molar-refractivity contribution in [3.63, 3.8) is 0 Å². The average molecular weight is 262 g/mol.